The number of fused-ring (bicyclic) bond motifs is 1. The molecule has 0 aliphatic rings. The van der Waals surface area contributed by atoms with Crippen LogP contribution in [-0.2, 0) is 16.8 Å². The van der Waals surface area contributed by atoms with Gasteiger partial charge in [0.25, 0.3) is 17.2 Å². The number of hydrogen-bond donors (Lipinski definition) is 1. The summed E-state index contributed by atoms with van der Waals surface area (Å²) in [5.74, 6) is -0.124. The van der Waals surface area contributed by atoms with E-state index in [0.717, 1.165) is 17.7 Å². The molecule has 200 valence electrons. The van der Waals surface area contributed by atoms with Gasteiger partial charge in [-0.05, 0) is 56.1 Å². The standard InChI is InChI=1S/C26H28FN5O5S/c1-3-21(31(15-7-14-28)25(33)19-10-12-20(13-11-19)38(27,35)36)23-29-24-22(17(2)30-37-24)26(34)32(23)16-18-8-5-4-6-9-18/h4-6,8-13,21H,3,7,14-16,28H2,1-2H3. The van der Waals surface area contributed by atoms with Gasteiger partial charge in [-0.2, -0.15) is 13.4 Å². The molecule has 10 nitrogen and oxygen atoms in total. The summed E-state index contributed by atoms with van der Waals surface area (Å²) < 4.78 is 42.7. The fraction of sp³-hybridized carbons (Fsp3) is 0.308. The predicted octanol–water partition coefficient (Wildman–Crippen LogP) is 3.34. The van der Waals surface area contributed by atoms with Gasteiger partial charge in [0.2, 0.25) is 0 Å². The van der Waals surface area contributed by atoms with E-state index in [1.807, 2.05) is 37.3 Å². The number of aryl methyl sites for hydroxylation is 1. The lowest BCUT2D eigenvalue weighted by molar-refractivity contribution is 0.0655. The van der Waals surface area contributed by atoms with Crippen LogP contribution in [0.15, 0.2) is 68.8 Å². The van der Waals surface area contributed by atoms with Crippen molar-refractivity contribution in [2.75, 3.05) is 13.1 Å². The smallest absolute Gasteiger partial charge is 0.332 e. The van der Waals surface area contributed by atoms with Crippen LogP contribution in [0.2, 0.25) is 0 Å². The van der Waals surface area contributed by atoms with Crippen molar-refractivity contribution in [2.45, 2.75) is 44.2 Å². The molecule has 0 spiro atoms. The number of nitrogens with zero attached hydrogens (tertiary/aromatic N) is 4. The van der Waals surface area contributed by atoms with E-state index in [0.29, 0.717) is 30.9 Å². The Labute approximate surface area is 219 Å². The third-order valence-electron chi connectivity index (χ3n) is 6.29. The summed E-state index contributed by atoms with van der Waals surface area (Å²) in [6.07, 6.45) is 0.860. The van der Waals surface area contributed by atoms with Gasteiger partial charge in [0, 0.05) is 12.1 Å². The average Bonchev–Trinajstić information content (AvgIpc) is 3.28. The molecule has 2 heterocycles. The van der Waals surface area contributed by atoms with Crippen LogP contribution < -0.4 is 11.3 Å². The molecule has 1 atom stereocenters. The van der Waals surface area contributed by atoms with E-state index in [-0.39, 0.29) is 35.3 Å². The van der Waals surface area contributed by atoms with E-state index in [1.54, 1.807) is 11.8 Å². The minimum atomic E-state index is -4.91. The Morgan fingerprint density at radius 3 is 2.45 bits per heavy atom. The van der Waals surface area contributed by atoms with E-state index in [4.69, 9.17) is 10.3 Å². The van der Waals surface area contributed by atoms with Crippen molar-refractivity contribution in [3.8, 4) is 0 Å². The van der Waals surface area contributed by atoms with Crippen LogP contribution in [0.4, 0.5) is 3.89 Å². The first kappa shape index (κ1) is 27.1. The van der Waals surface area contributed by atoms with Crippen molar-refractivity contribution in [3.63, 3.8) is 0 Å². The molecule has 2 aromatic heterocycles. The normalized spacial score (nSPS) is 12.5. The van der Waals surface area contributed by atoms with Crippen molar-refractivity contribution >= 4 is 27.2 Å². The zero-order valence-corrected chi connectivity index (χ0v) is 21.8. The zero-order valence-electron chi connectivity index (χ0n) is 21.0. The van der Waals surface area contributed by atoms with E-state index >= 15 is 0 Å². The average molecular weight is 542 g/mol. The van der Waals surface area contributed by atoms with Crippen LogP contribution in [0.3, 0.4) is 0 Å². The van der Waals surface area contributed by atoms with Gasteiger partial charge in [-0.3, -0.25) is 14.2 Å². The monoisotopic (exact) mass is 541 g/mol. The quantitative estimate of drug-likeness (QED) is 0.301. The Bertz CT molecular complexity index is 1600. The highest BCUT2D eigenvalue weighted by molar-refractivity contribution is 7.86. The summed E-state index contributed by atoms with van der Waals surface area (Å²) in [7, 11) is -4.91. The van der Waals surface area contributed by atoms with Crippen molar-refractivity contribution in [1.29, 1.82) is 0 Å². The van der Waals surface area contributed by atoms with Crippen molar-refractivity contribution in [2.24, 2.45) is 5.73 Å². The molecule has 12 heteroatoms. The van der Waals surface area contributed by atoms with Gasteiger partial charge in [0.15, 0.2) is 0 Å². The van der Waals surface area contributed by atoms with Crippen molar-refractivity contribution in [3.05, 3.63) is 87.6 Å². The first-order valence-corrected chi connectivity index (χ1v) is 13.5. The molecule has 4 rings (SSSR count). The number of rotatable bonds is 10. The second-order valence-electron chi connectivity index (χ2n) is 8.82. The Balaban J connectivity index is 1.84. The Hall–Kier alpha value is -3.90. The maximum absolute atomic E-state index is 13.7. The molecule has 0 aliphatic carbocycles. The van der Waals surface area contributed by atoms with Gasteiger partial charge in [-0.25, -0.2) is 0 Å². The molecule has 2 N–H and O–H groups in total. The van der Waals surface area contributed by atoms with Crippen LogP contribution in [0, 0.1) is 6.92 Å². The fourth-order valence-electron chi connectivity index (χ4n) is 4.39. The van der Waals surface area contributed by atoms with E-state index in [2.05, 4.69) is 10.1 Å². The lowest BCUT2D eigenvalue weighted by Crippen LogP contribution is -2.40. The lowest BCUT2D eigenvalue weighted by Gasteiger charge is -2.32. The van der Waals surface area contributed by atoms with Crippen molar-refractivity contribution in [1.82, 2.24) is 19.6 Å². The number of nitrogens with two attached hydrogens (primary N) is 1. The maximum atomic E-state index is 13.7. The van der Waals surface area contributed by atoms with Crippen molar-refractivity contribution < 1.29 is 21.6 Å². The summed E-state index contributed by atoms with van der Waals surface area (Å²) in [5, 5.41) is 4.17. The topological polar surface area (TPSA) is 141 Å². The summed E-state index contributed by atoms with van der Waals surface area (Å²) >= 11 is 0. The molecule has 38 heavy (non-hydrogen) atoms. The zero-order chi connectivity index (χ0) is 27.4. The molecular weight excluding hydrogens is 513 g/mol. The highest BCUT2D eigenvalue weighted by atomic mass is 32.3. The highest BCUT2D eigenvalue weighted by Gasteiger charge is 2.30. The number of carbonyl (C=O) groups is 1. The lowest BCUT2D eigenvalue weighted by atomic mass is 10.1. The van der Waals surface area contributed by atoms with Crippen LogP contribution in [0.1, 0.15) is 53.2 Å². The second kappa shape index (κ2) is 11.2. The maximum Gasteiger partial charge on any atom is 0.332 e. The Kier molecular flexibility index (Phi) is 8.02. The third-order valence-corrected chi connectivity index (χ3v) is 7.12. The van der Waals surface area contributed by atoms with Gasteiger partial charge >= 0.3 is 10.2 Å². The van der Waals surface area contributed by atoms with Crippen LogP contribution in [0.5, 0.6) is 0 Å². The molecule has 0 bridgehead atoms. The molecule has 0 saturated carbocycles. The molecule has 0 saturated heterocycles. The number of amides is 1. The second-order valence-corrected chi connectivity index (χ2v) is 10.2. The number of aromatic nitrogens is 3. The number of halogens is 1. The Morgan fingerprint density at radius 1 is 1.16 bits per heavy atom. The number of carbonyl (C=O) groups excluding carboxylic acids is 1. The minimum Gasteiger partial charge on any atom is -0.335 e. The summed E-state index contributed by atoms with van der Waals surface area (Å²) in [4.78, 5) is 33.0. The summed E-state index contributed by atoms with van der Waals surface area (Å²) in [5.41, 5.74) is 6.93. The largest absolute Gasteiger partial charge is 0.335 e. The van der Waals surface area contributed by atoms with Gasteiger partial charge in [-0.1, -0.05) is 42.4 Å². The fourth-order valence-corrected chi connectivity index (χ4v) is 4.85. The predicted molar refractivity (Wildman–Crippen MR) is 139 cm³/mol. The summed E-state index contributed by atoms with van der Waals surface area (Å²) in [6, 6.07) is 13.3. The molecular formula is C26H28FN5O5S. The molecule has 2 aromatic carbocycles. The van der Waals surface area contributed by atoms with Gasteiger partial charge in [0.1, 0.15) is 11.2 Å². The summed E-state index contributed by atoms with van der Waals surface area (Å²) in [6.45, 7) is 4.29. The van der Waals surface area contributed by atoms with E-state index in [1.165, 1.54) is 16.7 Å². The van der Waals surface area contributed by atoms with Crippen LogP contribution >= 0.6 is 0 Å². The SMILES string of the molecule is CCC(c1nc2onc(C)c2c(=O)n1Cc1ccccc1)N(CCCN)C(=O)c1ccc(S(=O)(=O)F)cc1. The van der Waals surface area contributed by atoms with E-state index < -0.39 is 27.1 Å². The van der Waals surface area contributed by atoms with Gasteiger partial charge in [-0.15, -0.1) is 3.89 Å². The first-order valence-electron chi connectivity index (χ1n) is 12.1. The molecule has 0 aliphatic heterocycles. The highest BCUT2D eigenvalue weighted by Crippen LogP contribution is 2.27. The number of benzene rings is 2. The van der Waals surface area contributed by atoms with E-state index in [9.17, 15) is 21.9 Å². The van der Waals surface area contributed by atoms with Crippen LogP contribution in [-0.4, -0.2) is 47.0 Å². The van der Waals surface area contributed by atoms with Crippen LogP contribution in [0.25, 0.3) is 11.1 Å². The molecule has 1 amide bonds. The molecule has 0 radical (unpaired) electrons. The van der Waals surface area contributed by atoms with Gasteiger partial charge < -0.3 is 15.2 Å². The van der Waals surface area contributed by atoms with Gasteiger partial charge in [0.05, 0.1) is 23.2 Å². The molecule has 4 aromatic rings. The molecule has 1 unspecified atom stereocenters. The third kappa shape index (κ3) is 5.50. The first-order chi connectivity index (χ1) is 18.2. The number of hydrogen-bond acceptors (Lipinski definition) is 8. The Morgan fingerprint density at radius 2 is 1.84 bits per heavy atom. The minimum absolute atomic E-state index is 0.0778. The molecule has 0 fully saturated rings.